The number of likely N-dealkylation sites (tertiary alicyclic amines) is 1. The van der Waals surface area contributed by atoms with E-state index in [4.69, 9.17) is 27.3 Å². The van der Waals surface area contributed by atoms with E-state index in [9.17, 15) is 71.9 Å². The Morgan fingerprint density at radius 2 is 0.920 bits per heavy atom. The largest absolute Gasteiger partial charge is 0.493 e. The number of Topliss-reactive ketones (excluding diaryl/α,β-unsaturated/α-hetero) is 4. The molecule has 0 bridgehead atoms. The topological polar surface area (TPSA) is 288 Å². The Labute approximate surface area is 858 Å². The van der Waals surface area contributed by atoms with Gasteiger partial charge in [-0.3, -0.25) is 54.4 Å². The molecule has 8 heterocycles. The first-order valence-electron chi connectivity index (χ1n) is 48.0. The molecule has 0 atom stereocenters. The number of aromatic nitrogens is 7. The fourth-order valence-electron chi connectivity index (χ4n) is 16.9. The number of carbonyl (C=O) groups is 4. The van der Waals surface area contributed by atoms with E-state index in [0.29, 0.717) is 79.2 Å². The molecule has 1 aliphatic rings. The van der Waals surface area contributed by atoms with E-state index in [1.807, 2.05) is 99.3 Å². The van der Waals surface area contributed by atoms with Crippen LogP contribution in [0.5, 0.6) is 5.75 Å². The van der Waals surface area contributed by atoms with Crippen LogP contribution in [-0.2, 0) is 63.4 Å². The molecule has 7 aromatic heterocycles. The number of hydrogen-bond acceptors (Lipinski definition) is 14. The number of benzene rings is 9. The number of H-pyrrole nitrogens is 1. The maximum Gasteiger partial charge on any atom is 0.419 e. The Morgan fingerprint density at radius 3 is 1.47 bits per heavy atom. The zero-order valence-electron chi connectivity index (χ0n) is 82.5. The number of aromatic amines is 1. The second-order valence-corrected chi connectivity index (χ2v) is 36.1. The number of aryl methyl sites for hydroxylation is 4. The summed E-state index contributed by atoms with van der Waals surface area (Å²) in [5.74, 6) is 23.5. The van der Waals surface area contributed by atoms with Crippen LogP contribution in [0, 0.1) is 86.4 Å². The van der Waals surface area contributed by atoms with Crippen molar-refractivity contribution in [3.8, 4) is 53.1 Å². The van der Waals surface area contributed by atoms with Gasteiger partial charge in [0.15, 0.2) is 29.1 Å². The Kier molecular flexibility index (Phi) is 35.3. The third-order valence-electron chi connectivity index (χ3n) is 25.2. The van der Waals surface area contributed by atoms with Gasteiger partial charge in [-0.05, 0) is 213 Å². The molecule has 760 valence electrons. The number of nitrogens with two attached hydrogens (primary N) is 3. The molecule has 1 aliphatic heterocycles. The van der Waals surface area contributed by atoms with E-state index in [-0.39, 0.29) is 114 Å². The third-order valence-corrected chi connectivity index (χ3v) is 25.2. The summed E-state index contributed by atoms with van der Waals surface area (Å²) in [6.45, 7) is 13.9. The summed E-state index contributed by atoms with van der Waals surface area (Å²) in [6.07, 6.45) is 2.78. The first kappa shape index (κ1) is 109. The van der Waals surface area contributed by atoms with E-state index < -0.39 is 47.0 Å². The second kappa shape index (κ2) is 48.9. The van der Waals surface area contributed by atoms with Crippen molar-refractivity contribution in [1.29, 1.82) is 5.41 Å². The molecule has 150 heavy (non-hydrogen) atoms. The number of pyridine rings is 6. The molecule has 9 aromatic carbocycles. The van der Waals surface area contributed by atoms with Crippen LogP contribution >= 0.6 is 0 Å². The number of carbonyl (C=O) groups excluding carboxylic acids is 4. The van der Waals surface area contributed by atoms with Gasteiger partial charge < -0.3 is 26.9 Å². The lowest BCUT2D eigenvalue weighted by atomic mass is 9.95. The highest BCUT2D eigenvalue weighted by atomic mass is 19.4. The van der Waals surface area contributed by atoms with Crippen molar-refractivity contribution >= 4 is 84.1 Å². The monoisotopic (exact) mass is 2030 g/mol. The zero-order chi connectivity index (χ0) is 107. The van der Waals surface area contributed by atoms with Crippen molar-refractivity contribution in [3.63, 3.8) is 0 Å². The highest BCUT2D eigenvalue weighted by molar-refractivity contribution is 6.02. The number of rotatable bonds is 24. The first-order valence-corrected chi connectivity index (χ1v) is 48.0. The normalized spacial score (nSPS) is 11.9. The van der Waals surface area contributed by atoms with E-state index in [2.05, 4.69) is 101 Å². The number of hydrogen-bond donors (Lipinski definition) is 5. The van der Waals surface area contributed by atoms with Crippen molar-refractivity contribution in [2.45, 2.75) is 143 Å². The summed E-state index contributed by atoms with van der Waals surface area (Å²) in [5.41, 5.74) is 26.6. The lowest BCUT2D eigenvalue weighted by Crippen LogP contribution is -2.21. The van der Waals surface area contributed by atoms with Crippen LogP contribution in [0.15, 0.2) is 273 Å². The maximum absolute atomic E-state index is 13.9. The van der Waals surface area contributed by atoms with Crippen LogP contribution in [0.25, 0.3) is 43.5 Å². The number of guanidine groups is 1. The number of ketones is 4. The average Bonchev–Trinajstić information content (AvgIpc) is 0.884. The highest BCUT2D eigenvalue weighted by Gasteiger charge is 2.38. The standard InChI is InChI=1S/C34H33F3N2O2.C32H27F3N2O.C27H20F3N5O.C27H21F3N4O/c1-4-24(5-2)8-7-17-41-32-15-11-25(18-30(32)34(35,36)37)19-31(40)27-12-10-23(3)26(20-27)13-14-29-22-38-21-28-9-6-16-39-33(28)29;1-22-8-10-25(18-24(22)12-13-27-20-36-19-26-6-2-3-7-29(26)27)31(38)17-23-9-11-28(21-37-14-4-5-15-37)30(16-23)32(33,34)35;1-16-5-6-18(25(36)13-21-12-20(9-10-34-21)27(28,29)30)11-17(16)7-8-19-14-33-15-23-22(19)3-2-4-24(23)35-26(31)32;1-16-2-5-21(13-19(16)6-4-18-10-22-8-9-33-26(22)34-15-18)24(35)12-17-3-7-20(14-25(31)32)23(11-17)27(28,29)30/h6,9-12,15-16,18,20-22,24H,4-5,7-8,17,19H2,1-3H3;2-3,6-11,16,18-20H,4-5,14-15,17,21H2,1H3;2-6,9-12,14-15H,13H2,1H3,(H4,31,32,35);2-3,5,7-11,13,15H,12,14H2,1H3,(H3,31,32)(H,33,34). The van der Waals surface area contributed by atoms with Crippen LogP contribution in [0.1, 0.15) is 216 Å². The number of fused-ring (bicyclic) bond motifs is 4. The number of halogens is 12. The number of amidine groups is 1. The van der Waals surface area contributed by atoms with E-state index in [0.717, 1.165) is 159 Å². The smallest absolute Gasteiger partial charge is 0.419 e. The Balaban J connectivity index is 0.000000158. The van der Waals surface area contributed by atoms with Gasteiger partial charge in [-0.2, -0.15) is 52.7 Å². The van der Waals surface area contributed by atoms with Crippen LogP contribution in [0.4, 0.5) is 58.4 Å². The van der Waals surface area contributed by atoms with E-state index in [1.165, 1.54) is 30.3 Å². The molecule has 0 amide bonds. The summed E-state index contributed by atoms with van der Waals surface area (Å²) >= 11 is 0. The van der Waals surface area contributed by atoms with Gasteiger partial charge in [-0.25, -0.2) is 9.98 Å². The minimum atomic E-state index is -4.62. The quantitative estimate of drug-likeness (QED) is 0.00938. The van der Waals surface area contributed by atoms with Crippen molar-refractivity contribution < 1.29 is 76.6 Å². The van der Waals surface area contributed by atoms with Gasteiger partial charge in [0.1, 0.15) is 11.4 Å². The molecule has 0 radical (unpaired) electrons. The Hall–Kier alpha value is -17.2. The Morgan fingerprint density at radius 1 is 0.433 bits per heavy atom. The molecule has 0 spiro atoms. The predicted molar refractivity (Wildman–Crippen MR) is 558 cm³/mol. The van der Waals surface area contributed by atoms with Crippen LogP contribution in [0.2, 0.25) is 0 Å². The van der Waals surface area contributed by atoms with Crippen molar-refractivity contribution in [2.24, 2.45) is 28.1 Å². The molecule has 17 rings (SSSR count). The van der Waals surface area contributed by atoms with Crippen molar-refractivity contribution in [1.82, 2.24) is 39.8 Å². The predicted octanol–water partition coefficient (Wildman–Crippen LogP) is 25.2. The average molecular weight is 2030 g/mol. The zero-order valence-corrected chi connectivity index (χ0v) is 82.5. The van der Waals surface area contributed by atoms with Crippen molar-refractivity contribution in [3.05, 3.63) is 413 Å². The minimum Gasteiger partial charge on any atom is -0.493 e. The number of ether oxygens (including phenoxy) is 1. The molecule has 8 N–H and O–H groups in total. The number of aliphatic imine (C=N–C) groups is 1. The van der Waals surface area contributed by atoms with Crippen LogP contribution in [0.3, 0.4) is 0 Å². The summed E-state index contributed by atoms with van der Waals surface area (Å²) in [4.78, 5) is 86.4. The summed E-state index contributed by atoms with van der Waals surface area (Å²) in [5, 5.41) is 12.6. The van der Waals surface area contributed by atoms with Crippen LogP contribution < -0.4 is 21.9 Å². The molecule has 18 nitrogen and oxygen atoms in total. The molecule has 0 aliphatic carbocycles. The first-order chi connectivity index (χ1) is 71.7. The van der Waals surface area contributed by atoms with Gasteiger partial charge in [0.2, 0.25) is 0 Å². The van der Waals surface area contributed by atoms with Gasteiger partial charge in [0.25, 0.3) is 0 Å². The van der Waals surface area contributed by atoms with E-state index >= 15 is 0 Å². The molecule has 0 saturated carbocycles. The van der Waals surface area contributed by atoms with Gasteiger partial charge in [0, 0.05) is 182 Å². The SMILES string of the molecule is CCC(CC)CCCOc1ccc(CC(=O)c2ccc(C)c(C#Cc3cncc4cccnc34)c2)cc1C(F)(F)F.Cc1ccc(C(=O)Cc2cc(C(F)(F)F)ccn2)cc1C#Cc1cncc2c(N=C(N)N)cccc12.Cc1ccc(C(=O)Cc2ccc(CC(=N)N)c(C(F)(F)F)c2)cc1C#Cc1cnc2[nH]ccc2c1.Cc1ccc(C(=O)Cc2ccc(CN3CCCC3)c(C(F)(F)F)c2)cc1C#Cc1cncc2ccccc12. The van der Waals surface area contributed by atoms with E-state index in [1.54, 1.807) is 135 Å². The summed E-state index contributed by atoms with van der Waals surface area (Å²) in [7, 11) is 0. The molecule has 0 unspecified atom stereocenters. The summed E-state index contributed by atoms with van der Waals surface area (Å²) < 4.78 is 168. The fourth-order valence-corrected chi connectivity index (χ4v) is 16.9. The van der Waals surface area contributed by atoms with Gasteiger partial charge in [-0.15, -0.1) is 0 Å². The van der Waals surface area contributed by atoms with Gasteiger partial charge in [0.05, 0.1) is 69.0 Å². The van der Waals surface area contributed by atoms with Gasteiger partial charge >= 0.3 is 24.7 Å². The van der Waals surface area contributed by atoms with Gasteiger partial charge in [-0.1, -0.05) is 189 Å². The second-order valence-electron chi connectivity index (χ2n) is 36.1. The summed E-state index contributed by atoms with van der Waals surface area (Å²) in [6, 6.07) is 54.9. The number of alkyl halides is 12. The highest BCUT2D eigenvalue weighted by Crippen LogP contribution is 2.40. The number of nitrogens with zero attached hydrogens (tertiary/aromatic N) is 8. The molecule has 1 fully saturated rings. The molecular formula is C120H101F12N13O5. The van der Waals surface area contributed by atoms with Crippen LogP contribution in [-0.4, -0.2) is 94.4 Å². The lowest BCUT2D eigenvalue weighted by Gasteiger charge is -2.19. The van der Waals surface area contributed by atoms with Crippen molar-refractivity contribution in [2.75, 3.05) is 19.7 Å². The maximum atomic E-state index is 13.9. The molecule has 16 aromatic rings. The number of nitrogens with one attached hydrogen (secondary N) is 2. The lowest BCUT2D eigenvalue weighted by molar-refractivity contribution is -0.139. The third kappa shape index (κ3) is 29.2. The minimum absolute atomic E-state index is 0.0430. The molecular weight excluding hydrogens is 1930 g/mol. The fraction of sp³-hybridized carbons (Fsp3) is 0.217. The Bertz CT molecular complexity index is 8080. The molecule has 1 saturated heterocycles. The molecule has 30 heteroatoms.